The molecule has 5 heteroatoms. The zero-order valence-corrected chi connectivity index (χ0v) is 14.1. The van der Waals surface area contributed by atoms with E-state index in [4.69, 9.17) is 4.74 Å². The Hall–Kier alpha value is -2.56. The van der Waals surface area contributed by atoms with Crippen LogP contribution < -0.4 is 9.64 Å². The second-order valence-corrected chi connectivity index (χ2v) is 5.52. The van der Waals surface area contributed by atoms with E-state index in [1.807, 2.05) is 44.2 Å². The van der Waals surface area contributed by atoms with Crippen LogP contribution in [0.25, 0.3) is 11.0 Å². The van der Waals surface area contributed by atoms with Gasteiger partial charge in [-0.2, -0.15) is 0 Å². The highest BCUT2D eigenvalue weighted by Gasteiger charge is 2.12. The highest BCUT2D eigenvalue weighted by molar-refractivity contribution is 5.79. The Labute approximate surface area is 136 Å². The van der Waals surface area contributed by atoms with Gasteiger partial charge < -0.3 is 14.2 Å². The first-order valence-corrected chi connectivity index (χ1v) is 7.90. The molecule has 3 aromatic rings. The molecule has 0 bridgehead atoms. The summed E-state index contributed by atoms with van der Waals surface area (Å²) in [4.78, 5) is 11.0. The summed E-state index contributed by atoms with van der Waals surface area (Å²) in [5.74, 6) is 1.82. The number of hydrogen-bond donors (Lipinski definition) is 0. The van der Waals surface area contributed by atoms with E-state index in [-0.39, 0.29) is 0 Å². The molecule has 2 heterocycles. The van der Waals surface area contributed by atoms with Gasteiger partial charge in [-0.25, -0.2) is 9.97 Å². The van der Waals surface area contributed by atoms with Crippen molar-refractivity contribution in [2.45, 2.75) is 20.3 Å². The normalized spacial score (nSPS) is 11.0. The molecule has 3 rings (SSSR count). The van der Waals surface area contributed by atoms with E-state index in [0.717, 1.165) is 34.7 Å². The number of ether oxygens (including phenoxy) is 1. The zero-order chi connectivity index (χ0) is 16.4. The van der Waals surface area contributed by atoms with E-state index in [0.29, 0.717) is 6.61 Å². The predicted molar refractivity (Wildman–Crippen MR) is 93.6 cm³/mol. The first-order chi connectivity index (χ1) is 11.1. The van der Waals surface area contributed by atoms with Gasteiger partial charge >= 0.3 is 0 Å². The maximum absolute atomic E-state index is 5.61. The summed E-state index contributed by atoms with van der Waals surface area (Å²) in [5.41, 5.74) is 4.37. The number of benzene rings is 1. The standard InChI is InChI=1S/C18H22N4O/c1-5-13-9-14(23-6-2)7-8-16(13)22(4)18-10-17-15(11-19-18)20-12-21(17)3/h7-12H,5-6H2,1-4H3. The predicted octanol–water partition coefficient (Wildman–Crippen LogP) is 3.70. The van der Waals surface area contributed by atoms with Gasteiger partial charge in [0.15, 0.2) is 0 Å². The third kappa shape index (κ3) is 2.86. The van der Waals surface area contributed by atoms with E-state index >= 15 is 0 Å². The molecule has 1 aromatic carbocycles. The average molecular weight is 310 g/mol. The number of fused-ring (bicyclic) bond motifs is 1. The molecule has 0 amide bonds. The monoisotopic (exact) mass is 310 g/mol. The average Bonchev–Trinajstić information content (AvgIpc) is 2.95. The number of rotatable bonds is 5. The molecule has 5 nitrogen and oxygen atoms in total. The summed E-state index contributed by atoms with van der Waals surface area (Å²) in [6, 6.07) is 8.28. The van der Waals surface area contributed by atoms with Crippen molar-refractivity contribution in [3.05, 3.63) is 42.4 Å². The van der Waals surface area contributed by atoms with Gasteiger partial charge in [0, 0.05) is 25.8 Å². The van der Waals surface area contributed by atoms with E-state index in [2.05, 4.69) is 40.0 Å². The SMILES string of the molecule is CCOc1ccc(N(C)c2cc3c(cn2)ncn3C)c(CC)c1. The molecule has 23 heavy (non-hydrogen) atoms. The molecular weight excluding hydrogens is 288 g/mol. The Morgan fingerprint density at radius 3 is 2.74 bits per heavy atom. The summed E-state index contributed by atoms with van der Waals surface area (Å²) in [6.07, 6.45) is 4.57. The fourth-order valence-corrected chi connectivity index (χ4v) is 2.76. The molecule has 2 aromatic heterocycles. The molecule has 0 atom stereocenters. The van der Waals surface area contributed by atoms with Crippen molar-refractivity contribution in [2.75, 3.05) is 18.6 Å². The van der Waals surface area contributed by atoms with Crippen molar-refractivity contribution < 1.29 is 4.74 Å². The van der Waals surface area contributed by atoms with E-state index < -0.39 is 0 Å². The number of aromatic nitrogens is 3. The van der Waals surface area contributed by atoms with Crippen molar-refractivity contribution in [3.63, 3.8) is 0 Å². The molecule has 0 radical (unpaired) electrons. The molecule has 0 saturated heterocycles. The maximum Gasteiger partial charge on any atom is 0.134 e. The number of pyridine rings is 1. The van der Waals surface area contributed by atoms with Gasteiger partial charge in [-0.3, -0.25) is 0 Å². The number of anilines is 2. The van der Waals surface area contributed by atoms with Crippen LogP contribution in [0.4, 0.5) is 11.5 Å². The Kier molecular flexibility index (Phi) is 4.19. The van der Waals surface area contributed by atoms with Crippen LogP contribution in [0.3, 0.4) is 0 Å². The lowest BCUT2D eigenvalue weighted by atomic mass is 10.1. The molecule has 0 spiro atoms. The first-order valence-electron chi connectivity index (χ1n) is 7.90. The van der Waals surface area contributed by atoms with Gasteiger partial charge in [0.1, 0.15) is 17.1 Å². The lowest BCUT2D eigenvalue weighted by molar-refractivity contribution is 0.340. The zero-order valence-electron chi connectivity index (χ0n) is 14.1. The first kappa shape index (κ1) is 15.3. The quantitative estimate of drug-likeness (QED) is 0.721. The van der Waals surface area contributed by atoms with Crippen LogP contribution >= 0.6 is 0 Å². The van der Waals surface area contributed by atoms with E-state index in [9.17, 15) is 0 Å². The van der Waals surface area contributed by atoms with E-state index in [1.165, 1.54) is 5.56 Å². The minimum Gasteiger partial charge on any atom is -0.494 e. The smallest absolute Gasteiger partial charge is 0.134 e. The Balaban J connectivity index is 2.00. The summed E-state index contributed by atoms with van der Waals surface area (Å²) in [7, 11) is 4.03. The highest BCUT2D eigenvalue weighted by atomic mass is 16.5. The third-order valence-corrected chi connectivity index (χ3v) is 4.05. The molecule has 0 unspecified atom stereocenters. The molecule has 0 aliphatic rings. The lowest BCUT2D eigenvalue weighted by Gasteiger charge is -2.22. The summed E-state index contributed by atoms with van der Waals surface area (Å²) < 4.78 is 7.61. The van der Waals surface area contributed by atoms with Gasteiger partial charge in [-0.05, 0) is 37.1 Å². The molecule has 120 valence electrons. The van der Waals surface area contributed by atoms with Crippen LogP contribution in [0.15, 0.2) is 36.8 Å². The van der Waals surface area contributed by atoms with Crippen molar-refractivity contribution in [1.29, 1.82) is 0 Å². The Morgan fingerprint density at radius 1 is 1.17 bits per heavy atom. The molecule has 0 N–H and O–H groups in total. The second-order valence-electron chi connectivity index (χ2n) is 5.52. The third-order valence-electron chi connectivity index (χ3n) is 4.05. The fourth-order valence-electron chi connectivity index (χ4n) is 2.76. The number of hydrogen-bond acceptors (Lipinski definition) is 4. The molecule has 0 aliphatic heterocycles. The van der Waals surface area contributed by atoms with Gasteiger partial charge in [-0.15, -0.1) is 0 Å². The molecule has 0 fully saturated rings. The van der Waals surface area contributed by atoms with Crippen LogP contribution in [0, 0.1) is 0 Å². The van der Waals surface area contributed by atoms with Crippen LogP contribution in [0.5, 0.6) is 5.75 Å². The van der Waals surface area contributed by atoms with Crippen molar-refractivity contribution in [1.82, 2.24) is 14.5 Å². The highest BCUT2D eigenvalue weighted by Crippen LogP contribution is 2.30. The van der Waals surface area contributed by atoms with E-state index in [1.54, 1.807) is 0 Å². The van der Waals surface area contributed by atoms with Gasteiger partial charge in [0.25, 0.3) is 0 Å². The van der Waals surface area contributed by atoms with Crippen LogP contribution in [0.2, 0.25) is 0 Å². The Bertz CT molecular complexity index is 825. The molecule has 0 aliphatic carbocycles. The largest absolute Gasteiger partial charge is 0.494 e. The fraction of sp³-hybridized carbons (Fsp3) is 0.333. The van der Waals surface area contributed by atoms with Crippen molar-refractivity contribution >= 4 is 22.5 Å². The Morgan fingerprint density at radius 2 is 2.00 bits per heavy atom. The van der Waals surface area contributed by atoms with Gasteiger partial charge in [0.05, 0.1) is 24.6 Å². The molecule has 0 saturated carbocycles. The topological polar surface area (TPSA) is 43.2 Å². The summed E-state index contributed by atoms with van der Waals surface area (Å²) in [5, 5.41) is 0. The van der Waals surface area contributed by atoms with Gasteiger partial charge in [-0.1, -0.05) is 6.92 Å². The van der Waals surface area contributed by atoms with Crippen LogP contribution in [-0.4, -0.2) is 28.2 Å². The summed E-state index contributed by atoms with van der Waals surface area (Å²) in [6.45, 7) is 4.83. The lowest BCUT2D eigenvalue weighted by Crippen LogP contribution is -2.13. The number of aryl methyl sites for hydroxylation is 2. The number of imidazole rings is 1. The minimum atomic E-state index is 0.678. The van der Waals surface area contributed by atoms with Crippen molar-refractivity contribution in [3.8, 4) is 5.75 Å². The molecular formula is C18H22N4O. The maximum atomic E-state index is 5.61. The summed E-state index contributed by atoms with van der Waals surface area (Å²) >= 11 is 0. The van der Waals surface area contributed by atoms with Gasteiger partial charge in [0.2, 0.25) is 0 Å². The van der Waals surface area contributed by atoms with Crippen molar-refractivity contribution in [2.24, 2.45) is 7.05 Å². The van der Waals surface area contributed by atoms with Crippen LogP contribution in [-0.2, 0) is 13.5 Å². The van der Waals surface area contributed by atoms with Crippen LogP contribution in [0.1, 0.15) is 19.4 Å². The number of nitrogens with zero attached hydrogens (tertiary/aromatic N) is 4. The second kappa shape index (κ2) is 6.28. The minimum absolute atomic E-state index is 0.678.